The summed E-state index contributed by atoms with van der Waals surface area (Å²) >= 11 is 0. The lowest BCUT2D eigenvalue weighted by atomic mass is 10.2. The van der Waals surface area contributed by atoms with Gasteiger partial charge in [0.1, 0.15) is 6.79 Å². The molecule has 19 heavy (non-hydrogen) atoms. The highest BCUT2D eigenvalue weighted by Gasteiger charge is 2.32. The first kappa shape index (κ1) is 14.0. The fraction of sp³-hybridized carbons (Fsp3) is 0.500. The van der Waals surface area contributed by atoms with Gasteiger partial charge in [0.05, 0.1) is 18.4 Å². The van der Waals surface area contributed by atoms with Gasteiger partial charge in [0, 0.05) is 6.54 Å². The van der Waals surface area contributed by atoms with Crippen molar-refractivity contribution in [1.82, 2.24) is 0 Å². The maximum atomic E-state index is 12.2. The van der Waals surface area contributed by atoms with Crippen molar-refractivity contribution in [2.45, 2.75) is 18.9 Å². The summed E-state index contributed by atoms with van der Waals surface area (Å²) in [6.07, 6.45) is -4.07. The Morgan fingerprint density at radius 2 is 2.11 bits per heavy atom. The van der Waals surface area contributed by atoms with Gasteiger partial charge in [0.2, 0.25) is 0 Å². The monoisotopic (exact) mass is 277 g/mol. The Morgan fingerprint density at radius 1 is 1.32 bits per heavy atom. The van der Waals surface area contributed by atoms with E-state index in [1.54, 1.807) is 6.07 Å². The molecule has 0 amide bonds. The summed E-state index contributed by atoms with van der Waals surface area (Å²) in [5.41, 5.74) is 0.287. The van der Waals surface area contributed by atoms with Crippen molar-refractivity contribution in [3.8, 4) is 5.75 Å². The van der Waals surface area contributed by atoms with Gasteiger partial charge in [-0.2, -0.15) is 0 Å². The average Bonchev–Trinajstić information content (AvgIpc) is 2.37. The van der Waals surface area contributed by atoms with E-state index in [9.17, 15) is 13.2 Å². The summed E-state index contributed by atoms with van der Waals surface area (Å²) in [4.78, 5) is 0. The first-order valence-electron chi connectivity index (χ1n) is 5.82. The normalized spacial score (nSPS) is 20.1. The molecular formula is C12H14F3NO3. The van der Waals surface area contributed by atoms with Crippen LogP contribution in [-0.4, -0.2) is 32.4 Å². The molecule has 106 valence electrons. The van der Waals surface area contributed by atoms with Crippen LogP contribution in [0.4, 0.5) is 18.9 Å². The van der Waals surface area contributed by atoms with Gasteiger partial charge in [-0.1, -0.05) is 12.1 Å². The Morgan fingerprint density at radius 3 is 2.79 bits per heavy atom. The number of rotatable bonds is 4. The zero-order chi connectivity index (χ0) is 13.7. The largest absolute Gasteiger partial charge is 0.573 e. The quantitative estimate of drug-likeness (QED) is 0.918. The number of hydrogen-bond donors (Lipinski definition) is 1. The molecule has 0 spiro atoms. The van der Waals surface area contributed by atoms with Crippen LogP contribution in [-0.2, 0) is 9.47 Å². The molecule has 1 N–H and O–H groups in total. The molecule has 0 aliphatic carbocycles. The maximum Gasteiger partial charge on any atom is 0.573 e. The molecule has 2 rings (SSSR count). The Kier molecular flexibility index (Phi) is 4.49. The lowest BCUT2D eigenvalue weighted by Gasteiger charge is -2.24. The van der Waals surface area contributed by atoms with Crippen LogP contribution in [0.15, 0.2) is 24.3 Å². The van der Waals surface area contributed by atoms with E-state index in [0.29, 0.717) is 19.6 Å². The van der Waals surface area contributed by atoms with Gasteiger partial charge in [-0.3, -0.25) is 0 Å². The van der Waals surface area contributed by atoms with E-state index >= 15 is 0 Å². The van der Waals surface area contributed by atoms with Gasteiger partial charge in [0.25, 0.3) is 0 Å². The topological polar surface area (TPSA) is 39.7 Å². The smallest absolute Gasteiger partial charge is 0.404 e. The van der Waals surface area contributed by atoms with E-state index in [4.69, 9.17) is 9.47 Å². The van der Waals surface area contributed by atoms with Crippen LogP contribution in [0.25, 0.3) is 0 Å². The fourth-order valence-corrected chi connectivity index (χ4v) is 1.71. The Labute approximate surface area is 108 Å². The Hall–Kier alpha value is -1.47. The molecular weight excluding hydrogens is 263 g/mol. The summed E-state index contributed by atoms with van der Waals surface area (Å²) in [6, 6.07) is 5.91. The van der Waals surface area contributed by atoms with Crippen LogP contribution in [0.3, 0.4) is 0 Å². The lowest BCUT2D eigenvalue weighted by molar-refractivity contribution is -0.274. The molecule has 1 atom stereocenters. The maximum absolute atomic E-state index is 12.2. The fourth-order valence-electron chi connectivity index (χ4n) is 1.71. The third-order valence-corrected chi connectivity index (χ3v) is 2.60. The first-order chi connectivity index (χ1) is 9.04. The van der Waals surface area contributed by atoms with Gasteiger partial charge in [-0.25, -0.2) is 0 Å². The molecule has 1 aliphatic rings. The van der Waals surface area contributed by atoms with Crippen molar-refractivity contribution in [3.05, 3.63) is 24.3 Å². The van der Waals surface area contributed by atoms with Crippen molar-refractivity contribution in [2.24, 2.45) is 0 Å². The number of alkyl halides is 3. The molecule has 7 heteroatoms. The number of anilines is 1. The van der Waals surface area contributed by atoms with Crippen LogP contribution in [0.2, 0.25) is 0 Å². The minimum Gasteiger partial charge on any atom is -0.404 e. The van der Waals surface area contributed by atoms with E-state index in [2.05, 4.69) is 10.1 Å². The Bertz CT molecular complexity index is 405. The van der Waals surface area contributed by atoms with Gasteiger partial charge >= 0.3 is 6.36 Å². The van der Waals surface area contributed by atoms with E-state index in [1.165, 1.54) is 18.2 Å². The molecule has 0 bridgehead atoms. The molecule has 4 nitrogen and oxygen atoms in total. The number of para-hydroxylation sites is 2. The molecule has 0 radical (unpaired) electrons. The summed E-state index contributed by atoms with van der Waals surface area (Å²) in [6.45, 7) is 1.21. The second kappa shape index (κ2) is 6.12. The third-order valence-electron chi connectivity index (χ3n) is 2.60. The number of halogens is 3. The van der Waals surface area contributed by atoms with E-state index in [-0.39, 0.29) is 24.3 Å². The highest BCUT2D eigenvalue weighted by atomic mass is 19.4. The van der Waals surface area contributed by atoms with Crippen LogP contribution < -0.4 is 10.1 Å². The number of ether oxygens (including phenoxy) is 3. The first-order valence-corrected chi connectivity index (χ1v) is 5.82. The lowest BCUT2D eigenvalue weighted by Crippen LogP contribution is -2.30. The van der Waals surface area contributed by atoms with Crippen molar-refractivity contribution in [2.75, 3.05) is 25.3 Å². The van der Waals surface area contributed by atoms with Crippen LogP contribution >= 0.6 is 0 Å². The third kappa shape index (κ3) is 4.60. The molecule has 1 aromatic carbocycles. The summed E-state index contributed by atoms with van der Waals surface area (Å²) in [5, 5.41) is 2.90. The second-order valence-electron chi connectivity index (χ2n) is 4.03. The van der Waals surface area contributed by atoms with Crippen LogP contribution in [0, 0.1) is 0 Å². The highest BCUT2D eigenvalue weighted by molar-refractivity contribution is 5.56. The van der Waals surface area contributed by atoms with E-state index in [1.807, 2.05) is 0 Å². The van der Waals surface area contributed by atoms with Gasteiger partial charge < -0.3 is 19.5 Å². The molecule has 1 unspecified atom stereocenters. The van der Waals surface area contributed by atoms with E-state index < -0.39 is 6.36 Å². The molecule has 0 saturated carbocycles. The molecule has 1 aliphatic heterocycles. The minimum atomic E-state index is -4.70. The second-order valence-corrected chi connectivity index (χ2v) is 4.03. The molecule has 1 aromatic rings. The van der Waals surface area contributed by atoms with Crippen molar-refractivity contribution in [3.63, 3.8) is 0 Å². The molecule has 1 heterocycles. The molecule has 1 saturated heterocycles. The summed E-state index contributed by atoms with van der Waals surface area (Å²) < 4.78 is 50.9. The van der Waals surface area contributed by atoms with Gasteiger partial charge in [0.15, 0.2) is 5.75 Å². The summed E-state index contributed by atoms with van der Waals surface area (Å²) in [7, 11) is 0. The van der Waals surface area contributed by atoms with Gasteiger partial charge in [-0.05, 0) is 18.6 Å². The molecule has 0 aromatic heterocycles. The van der Waals surface area contributed by atoms with Crippen LogP contribution in [0.5, 0.6) is 5.75 Å². The number of hydrogen-bond acceptors (Lipinski definition) is 4. The predicted octanol–water partition coefficient (Wildman–Crippen LogP) is 2.76. The zero-order valence-electron chi connectivity index (χ0n) is 10.1. The standard InChI is InChI=1S/C12H14F3NO3/c13-12(14,15)19-11-4-2-1-3-10(11)16-7-9-5-6-17-8-18-9/h1-4,9,16H,5-8H2. The predicted molar refractivity (Wildman–Crippen MR) is 61.9 cm³/mol. The number of benzene rings is 1. The SMILES string of the molecule is FC(F)(F)Oc1ccccc1NCC1CCOCO1. The Balaban J connectivity index is 1.95. The van der Waals surface area contributed by atoms with Crippen molar-refractivity contribution in [1.29, 1.82) is 0 Å². The molecule has 1 fully saturated rings. The van der Waals surface area contributed by atoms with E-state index in [0.717, 1.165) is 0 Å². The van der Waals surface area contributed by atoms with Crippen LogP contribution in [0.1, 0.15) is 6.42 Å². The van der Waals surface area contributed by atoms with Crippen molar-refractivity contribution < 1.29 is 27.4 Å². The van der Waals surface area contributed by atoms with Crippen molar-refractivity contribution >= 4 is 5.69 Å². The summed E-state index contributed by atoms with van der Waals surface area (Å²) in [5.74, 6) is -0.248. The minimum absolute atomic E-state index is 0.0762. The van der Waals surface area contributed by atoms with Gasteiger partial charge in [-0.15, -0.1) is 13.2 Å². The average molecular weight is 277 g/mol. The number of nitrogens with one attached hydrogen (secondary N) is 1. The highest BCUT2D eigenvalue weighted by Crippen LogP contribution is 2.30. The zero-order valence-corrected chi connectivity index (χ0v) is 10.1.